The highest BCUT2D eigenvalue weighted by atomic mass is 16.5. The smallest absolute Gasteiger partial charge is 0.268 e. The molecule has 3 rings (SSSR count). The molecule has 25 heavy (non-hydrogen) atoms. The summed E-state index contributed by atoms with van der Waals surface area (Å²) in [5.41, 5.74) is 0.306. The monoisotopic (exact) mass is 343 g/mol. The molecule has 0 spiro atoms. The Labute approximate surface area is 145 Å². The molecule has 1 aromatic carbocycles. The van der Waals surface area contributed by atoms with Gasteiger partial charge in [-0.2, -0.15) is 0 Å². The number of hydrogen-bond acceptors (Lipinski definition) is 5. The normalized spacial score (nSPS) is 22.1. The number of carbonyl (C=O) groups is 1. The summed E-state index contributed by atoms with van der Waals surface area (Å²) in [6.45, 7) is 1.54. The lowest BCUT2D eigenvalue weighted by Crippen LogP contribution is -2.54. The van der Waals surface area contributed by atoms with Crippen molar-refractivity contribution in [3.05, 3.63) is 46.8 Å². The number of carbonyl (C=O) groups excluding carboxylic acids is 1. The Bertz CT molecular complexity index is 822. The van der Waals surface area contributed by atoms with Gasteiger partial charge in [-0.05, 0) is 25.3 Å². The fourth-order valence-corrected chi connectivity index (χ4v) is 3.07. The molecule has 0 bridgehead atoms. The van der Waals surface area contributed by atoms with Crippen LogP contribution in [0.4, 0.5) is 0 Å². The first kappa shape index (κ1) is 17.2. The summed E-state index contributed by atoms with van der Waals surface area (Å²) in [5, 5.41) is 16.7. The van der Waals surface area contributed by atoms with E-state index in [1.807, 2.05) is 30.3 Å². The van der Waals surface area contributed by atoms with E-state index < -0.39 is 5.60 Å². The number of benzene rings is 1. The molecule has 1 heterocycles. The maximum Gasteiger partial charge on any atom is 0.268 e. The van der Waals surface area contributed by atoms with Crippen LogP contribution < -0.4 is 15.6 Å². The van der Waals surface area contributed by atoms with Gasteiger partial charge >= 0.3 is 0 Å². The number of nitrogens with zero attached hydrogens (tertiary/aromatic N) is 2. The van der Waals surface area contributed by atoms with Crippen molar-refractivity contribution in [2.45, 2.75) is 38.0 Å². The fraction of sp³-hybridized carbons (Fsp3) is 0.389. The highest BCUT2D eigenvalue weighted by Crippen LogP contribution is 2.31. The SMILES string of the molecule is COc1nn(CC(=O)NC2CC(C)(O)C2)c(=O)cc1-c1ccccc1. The lowest BCUT2D eigenvalue weighted by Gasteiger charge is -2.41. The summed E-state index contributed by atoms with van der Waals surface area (Å²) in [7, 11) is 1.47. The Morgan fingerprint density at radius 1 is 1.40 bits per heavy atom. The third-order valence-electron chi connectivity index (χ3n) is 4.27. The van der Waals surface area contributed by atoms with Crippen LogP contribution in [0.2, 0.25) is 0 Å². The zero-order valence-electron chi connectivity index (χ0n) is 14.2. The third kappa shape index (κ3) is 3.88. The predicted molar refractivity (Wildman–Crippen MR) is 92.3 cm³/mol. The first-order chi connectivity index (χ1) is 11.9. The van der Waals surface area contributed by atoms with Crippen LogP contribution in [-0.2, 0) is 11.3 Å². The van der Waals surface area contributed by atoms with Crippen molar-refractivity contribution in [2.24, 2.45) is 0 Å². The number of amides is 1. The highest BCUT2D eigenvalue weighted by Gasteiger charge is 2.39. The van der Waals surface area contributed by atoms with E-state index in [-0.39, 0.29) is 29.9 Å². The van der Waals surface area contributed by atoms with Crippen LogP contribution >= 0.6 is 0 Å². The molecule has 7 heteroatoms. The molecule has 0 atom stereocenters. The minimum atomic E-state index is -0.715. The Morgan fingerprint density at radius 2 is 2.08 bits per heavy atom. The summed E-state index contributed by atoms with van der Waals surface area (Å²) in [5.74, 6) is -0.0326. The van der Waals surface area contributed by atoms with Crippen LogP contribution in [0.25, 0.3) is 11.1 Å². The summed E-state index contributed by atoms with van der Waals surface area (Å²) in [6.07, 6.45) is 1.02. The van der Waals surface area contributed by atoms with Crippen LogP contribution in [0, 0.1) is 0 Å². The van der Waals surface area contributed by atoms with Crippen LogP contribution in [0.3, 0.4) is 0 Å². The van der Waals surface area contributed by atoms with Gasteiger partial charge in [-0.1, -0.05) is 30.3 Å². The zero-order valence-corrected chi connectivity index (χ0v) is 14.2. The van der Waals surface area contributed by atoms with E-state index in [0.29, 0.717) is 18.4 Å². The van der Waals surface area contributed by atoms with Crippen LogP contribution in [0.1, 0.15) is 19.8 Å². The van der Waals surface area contributed by atoms with Crippen LogP contribution in [0.5, 0.6) is 5.88 Å². The number of nitrogens with one attached hydrogen (secondary N) is 1. The molecule has 0 aliphatic heterocycles. The maximum atomic E-state index is 12.3. The van der Waals surface area contributed by atoms with Crippen molar-refractivity contribution >= 4 is 5.91 Å². The number of ether oxygens (including phenoxy) is 1. The van der Waals surface area contributed by atoms with Gasteiger partial charge in [0.15, 0.2) is 0 Å². The van der Waals surface area contributed by atoms with Crippen molar-refractivity contribution < 1.29 is 14.6 Å². The second-order valence-electron chi connectivity index (χ2n) is 6.60. The largest absolute Gasteiger partial charge is 0.480 e. The molecule has 0 saturated heterocycles. The summed E-state index contributed by atoms with van der Waals surface area (Å²) in [4.78, 5) is 24.4. The van der Waals surface area contributed by atoms with Crippen molar-refractivity contribution in [1.82, 2.24) is 15.1 Å². The molecule has 1 amide bonds. The average molecular weight is 343 g/mol. The minimum absolute atomic E-state index is 0.0660. The van der Waals surface area contributed by atoms with Gasteiger partial charge in [-0.25, -0.2) is 4.68 Å². The first-order valence-electron chi connectivity index (χ1n) is 8.11. The van der Waals surface area contributed by atoms with Crippen molar-refractivity contribution in [3.8, 4) is 17.0 Å². The molecule has 2 N–H and O–H groups in total. The molecule has 7 nitrogen and oxygen atoms in total. The van der Waals surface area contributed by atoms with E-state index in [2.05, 4.69) is 10.4 Å². The van der Waals surface area contributed by atoms with Gasteiger partial charge in [0.25, 0.3) is 5.56 Å². The number of rotatable bonds is 5. The van der Waals surface area contributed by atoms with Gasteiger partial charge < -0.3 is 15.2 Å². The third-order valence-corrected chi connectivity index (χ3v) is 4.27. The van der Waals surface area contributed by atoms with E-state index in [4.69, 9.17) is 4.74 Å². The minimum Gasteiger partial charge on any atom is -0.480 e. The van der Waals surface area contributed by atoms with Crippen molar-refractivity contribution in [2.75, 3.05) is 7.11 Å². The number of aliphatic hydroxyl groups is 1. The number of hydrogen-bond donors (Lipinski definition) is 2. The Morgan fingerprint density at radius 3 is 2.68 bits per heavy atom. The molecule has 1 fully saturated rings. The second-order valence-corrected chi connectivity index (χ2v) is 6.60. The van der Waals surface area contributed by atoms with Gasteiger partial charge in [0, 0.05) is 12.1 Å². The van der Waals surface area contributed by atoms with Gasteiger partial charge in [-0.15, -0.1) is 5.10 Å². The van der Waals surface area contributed by atoms with E-state index in [1.165, 1.54) is 13.2 Å². The molecular weight excluding hydrogens is 322 g/mol. The van der Waals surface area contributed by atoms with Gasteiger partial charge in [0.1, 0.15) is 6.54 Å². The Kier molecular flexibility index (Phi) is 4.59. The summed E-state index contributed by atoms with van der Waals surface area (Å²) >= 11 is 0. The molecule has 132 valence electrons. The van der Waals surface area contributed by atoms with Gasteiger partial charge in [0.05, 0.1) is 18.3 Å². The Hall–Kier alpha value is -2.67. The molecule has 1 aliphatic carbocycles. The second kappa shape index (κ2) is 6.68. The lowest BCUT2D eigenvalue weighted by molar-refractivity contribution is -0.125. The van der Waals surface area contributed by atoms with Gasteiger partial charge in [-0.3, -0.25) is 9.59 Å². The molecular formula is C18H21N3O4. The fourth-order valence-electron chi connectivity index (χ4n) is 3.07. The van der Waals surface area contributed by atoms with Crippen LogP contribution in [0.15, 0.2) is 41.2 Å². The Balaban J connectivity index is 1.76. The first-order valence-corrected chi connectivity index (χ1v) is 8.11. The van der Waals surface area contributed by atoms with Crippen molar-refractivity contribution in [3.63, 3.8) is 0 Å². The molecule has 2 aromatic rings. The number of methoxy groups -OCH3 is 1. The highest BCUT2D eigenvalue weighted by molar-refractivity contribution is 5.76. The molecule has 1 aromatic heterocycles. The maximum absolute atomic E-state index is 12.3. The van der Waals surface area contributed by atoms with E-state index in [1.54, 1.807) is 6.92 Å². The van der Waals surface area contributed by atoms with Gasteiger partial charge in [0.2, 0.25) is 11.8 Å². The van der Waals surface area contributed by atoms with E-state index in [0.717, 1.165) is 10.2 Å². The molecule has 1 saturated carbocycles. The summed E-state index contributed by atoms with van der Waals surface area (Å²) in [6, 6.07) is 10.7. The molecule has 0 radical (unpaired) electrons. The quantitative estimate of drug-likeness (QED) is 0.843. The zero-order chi connectivity index (χ0) is 18.0. The van der Waals surface area contributed by atoms with E-state index >= 15 is 0 Å². The average Bonchev–Trinajstić information content (AvgIpc) is 2.55. The summed E-state index contributed by atoms with van der Waals surface area (Å²) < 4.78 is 6.36. The number of aromatic nitrogens is 2. The predicted octanol–water partition coefficient (Wildman–Crippen LogP) is 0.948. The molecule has 0 unspecified atom stereocenters. The van der Waals surface area contributed by atoms with Crippen LogP contribution in [-0.4, -0.2) is 39.5 Å². The molecule has 1 aliphatic rings. The van der Waals surface area contributed by atoms with Crippen molar-refractivity contribution in [1.29, 1.82) is 0 Å². The standard InChI is InChI=1S/C18H21N3O4/c1-18(24)9-13(10-18)19-15(22)11-21-16(23)8-14(17(20-21)25-2)12-6-4-3-5-7-12/h3-8,13,24H,9-11H2,1-2H3,(H,19,22). The lowest BCUT2D eigenvalue weighted by atomic mass is 9.77. The topological polar surface area (TPSA) is 93.5 Å². The van der Waals surface area contributed by atoms with E-state index in [9.17, 15) is 14.7 Å².